The number of hydrogen-bond donors (Lipinski definition) is 1. The molecule has 0 aliphatic heterocycles. The van der Waals surface area contributed by atoms with E-state index in [0.29, 0.717) is 0 Å². The fourth-order valence-electron chi connectivity index (χ4n) is 2.55. The van der Waals surface area contributed by atoms with E-state index in [1.165, 1.54) is 0 Å². The van der Waals surface area contributed by atoms with Gasteiger partial charge in [-0.15, -0.1) is 5.10 Å². The molecule has 4 nitrogen and oxygen atoms in total. The number of nitrogens with zero attached hydrogens (tertiary/aromatic N) is 3. The Hall–Kier alpha value is -1.68. The first kappa shape index (κ1) is 10.5. The van der Waals surface area contributed by atoms with Gasteiger partial charge in [0.15, 0.2) is 0 Å². The summed E-state index contributed by atoms with van der Waals surface area (Å²) in [6.07, 6.45) is 4.49. The van der Waals surface area contributed by atoms with Gasteiger partial charge in [0.2, 0.25) is 0 Å². The highest BCUT2D eigenvalue weighted by atomic mass is 16.3. The molecule has 2 atom stereocenters. The zero-order valence-electron chi connectivity index (χ0n) is 9.53. The summed E-state index contributed by atoms with van der Waals surface area (Å²) in [5.41, 5.74) is 2.01. The van der Waals surface area contributed by atoms with E-state index >= 15 is 0 Å². The predicted molar refractivity (Wildman–Crippen MR) is 64.0 cm³/mol. The number of rotatable bonds is 2. The third-order valence-electron chi connectivity index (χ3n) is 3.44. The standard InChI is InChI=1S/C13H15N3O/c17-13-8-4-7-11(13)12-9-14-15-16(12)10-5-2-1-3-6-10/h1-3,5-6,9,11,13,17H,4,7-8H2. The first-order valence-electron chi connectivity index (χ1n) is 6.00. The molecule has 0 spiro atoms. The maximum absolute atomic E-state index is 9.96. The van der Waals surface area contributed by atoms with Crippen molar-refractivity contribution in [3.05, 3.63) is 42.2 Å². The molecule has 88 valence electrons. The van der Waals surface area contributed by atoms with Crippen molar-refractivity contribution in [1.82, 2.24) is 15.0 Å². The Labute approximate surface area is 99.9 Å². The fourth-order valence-corrected chi connectivity index (χ4v) is 2.55. The Balaban J connectivity index is 2.00. The lowest BCUT2D eigenvalue weighted by molar-refractivity contribution is 0.161. The lowest BCUT2D eigenvalue weighted by atomic mass is 10.0. The molecule has 1 aliphatic rings. The number of para-hydroxylation sites is 1. The van der Waals surface area contributed by atoms with Gasteiger partial charge in [-0.1, -0.05) is 29.8 Å². The van der Waals surface area contributed by atoms with Crippen LogP contribution in [0.25, 0.3) is 5.69 Å². The summed E-state index contributed by atoms with van der Waals surface area (Å²) >= 11 is 0. The lowest BCUT2D eigenvalue weighted by Crippen LogP contribution is -2.15. The summed E-state index contributed by atoms with van der Waals surface area (Å²) in [5.74, 6) is 0.171. The molecule has 0 bridgehead atoms. The molecule has 2 aromatic rings. The average molecular weight is 229 g/mol. The van der Waals surface area contributed by atoms with Crippen LogP contribution in [0.2, 0.25) is 0 Å². The largest absolute Gasteiger partial charge is 0.392 e. The smallest absolute Gasteiger partial charge is 0.0733 e. The molecule has 0 amide bonds. The average Bonchev–Trinajstić information content (AvgIpc) is 2.98. The van der Waals surface area contributed by atoms with Crippen LogP contribution in [0.4, 0.5) is 0 Å². The van der Waals surface area contributed by atoms with Crippen LogP contribution in [0.5, 0.6) is 0 Å². The van der Waals surface area contributed by atoms with Gasteiger partial charge in [-0.05, 0) is 25.0 Å². The Bertz CT molecular complexity index is 494. The van der Waals surface area contributed by atoms with E-state index in [4.69, 9.17) is 0 Å². The second-order valence-corrected chi connectivity index (χ2v) is 4.51. The fraction of sp³-hybridized carbons (Fsp3) is 0.385. The summed E-state index contributed by atoms with van der Waals surface area (Å²) in [6, 6.07) is 9.93. The highest BCUT2D eigenvalue weighted by Gasteiger charge is 2.30. The minimum Gasteiger partial charge on any atom is -0.392 e. The van der Waals surface area contributed by atoms with Gasteiger partial charge in [0.05, 0.1) is 23.7 Å². The highest BCUT2D eigenvalue weighted by Crippen LogP contribution is 2.34. The maximum atomic E-state index is 9.96. The zero-order valence-corrected chi connectivity index (χ0v) is 9.53. The first-order chi connectivity index (χ1) is 8.36. The minimum atomic E-state index is -0.254. The van der Waals surface area contributed by atoms with E-state index < -0.39 is 0 Å². The second-order valence-electron chi connectivity index (χ2n) is 4.51. The molecule has 0 radical (unpaired) electrons. The molecular formula is C13H15N3O. The van der Waals surface area contributed by atoms with Crippen LogP contribution in [0.3, 0.4) is 0 Å². The van der Waals surface area contributed by atoms with Crippen molar-refractivity contribution in [3.63, 3.8) is 0 Å². The van der Waals surface area contributed by atoms with E-state index in [0.717, 1.165) is 30.6 Å². The summed E-state index contributed by atoms with van der Waals surface area (Å²) in [5, 5.41) is 18.1. The van der Waals surface area contributed by atoms with Crippen molar-refractivity contribution in [2.45, 2.75) is 31.3 Å². The normalized spacial score (nSPS) is 24.1. The van der Waals surface area contributed by atoms with Crippen LogP contribution in [-0.2, 0) is 0 Å². The molecule has 2 unspecified atom stereocenters. The van der Waals surface area contributed by atoms with Crippen LogP contribution < -0.4 is 0 Å². The zero-order chi connectivity index (χ0) is 11.7. The third-order valence-corrected chi connectivity index (χ3v) is 3.44. The molecule has 1 fully saturated rings. The second kappa shape index (κ2) is 4.30. The number of aliphatic hydroxyl groups is 1. The topological polar surface area (TPSA) is 50.9 Å². The minimum absolute atomic E-state index is 0.171. The molecule has 1 aromatic carbocycles. The summed E-state index contributed by atoms with van der Waals surface area (Å²) in [6.45, 7) is 0. The van der Waals surface area contributed by atoms with E-state index in [-0.39, 0.29) is 12.0 Å². The third kappa shape index (κ3) is 1.85. The molecule has 1 aliphatic carbocycles. The van der Waals surface area contributed by atoms with Gasteiger partial charge < -0.3 is 5.11 Å². The Morgan fingerprint density at radius 1 is 1.18 bits per heavy atom. The maximum Gasteiger partial charge on any atom is 0.0733 e. The van der Waals surface area contributed by atoms with E-state index in [1.807, 2.05) is 35.0 Å². The molecule has 4 heteroatoms. The van der Waals surface area contributed by atoms with E-state index in [1.54, 1.807) is 6.20 Å². The Morgan fingerprint density at radius 2 is 2.00 bits per heavy atom. The van der Waals surface area contributed by atoms with Crippen molar-refractivity contribution in [1.29, 1.82) is 0 Å². The van der Waals surface area contributed by atoms with Crippen LogP contribution in [0.1, 0.15) is 30.9 Å². The number of aromatic nitrogens is 3. The predicted octanol–water partition coefficient (Wildman–Crippen LogP) is 1.90. The monoisotopic (exact) mass is 229 g/mol. The van der Waals surface area contributed by atoms with Crippen LogP contribution in [0, 0.1) is 0 Å². The van der Waals surface area contributed by atoms with Crippen LogP contribution >= 0.6 is 0 Å². The first-order valence-corrected chi connectivity index (χ1v) is 6.00. The molecule has 3 rings (SSSR count). The molecule has 0 saturated heterocycles. The van der Waals surface area contributed by atoms with Crippen molar-refractivity contribution >= 4 is 0 Å². The van der Waals surface area contributed by atoms with Crippen molar-refractivity contribution in [3.8, 4) is 5.69 Å². The van der Waals surface area contributed by atoms with Gasteiger partial charge in [-0.25, -0.2) is 4.68 Å². The van der Waals surface area contributed by atoms with Crippen molar-refractivity contribution < 1.29 is 5.11 Å². The van der Waals surface area contributed by atoms with Crippen LogP contribution in [0.15, 0.2) is 36.5 Å². The summed E-state index contributed by atoms with van der Waals surface area (Å²) in [7, 11) is 0. The number of hydrogen-bond acceptors (Lipinski definition) is 3. The Kier molecular flexibility index (Phi) is 2.65. The van der Waals surface area contributed by atoms with Crippen molar-refractivity contribution in [2.24, 2.45) is 0 Å². The molecule has 1 N–H and O–H groups in total. The quantitative estimate of drug-likeness (QED) is 0.855. The van der Waals surface area contributed by atoms with Gasteiger partial charge >= 0.3 is 0 Å². The van der Waals surface area contributed by atoms with E-state index in [9.17, 15) is 5.11 Å². The van der Waals surface area contributed by atoms with Crippen molar-refractivity contribution in [2.75, 3.05) is 0 Å². The molecule has 17 heavy (non-hydrogen) atoms. The van der Waals surface area contributed by atoms with Gasteiger partial charge in [-0.3, -0.25) is 0 Å². The Morgan fingerprint density at radius 3 is 2.71 bits per heavy atom. The van der Waals surface area contributed by atoms with E-state index in [2.05, 4.69) is 10.3 Å². The molecule has 1 saturated carbocycles. The number of benzene rings is 1. The molecular weight excluding hydrogens is 214 g/mol. The van der Waals surface area contributed by atoms with Gasteiger partial charge in [0.25, 0.3) is 0 Å². The van der Waals surface area contributed by atoms with Crippen LogP contribution in [-0.4, -0.2) is 26.2 Å². The number of aliphatic hydroxyl groups excluding tert-OH is 1. The lowest BCUT2D eigenvalue weighted by Gasteiger charge is -2.15. The SMILES string of the molecule is OC1CCCC1c1cnnn1-c1ccccc1. The van der Waals surface area contributed by atoms with Gasteiger partial charge in [0, 0.05) is 5.92 Å². The molecule has 1 heterocycles. The summed E-state index contributed by atoms with van der Waals surface area (Å²) < 4.78 is 1.83. The summed E-state index contributed by atoms with van der Waals surface area (Å²) in [4.78, 5) is 0. The molecule has 1 aromatic heterocycles. The van der Waals surface area contributed by atoms with Gasteiger partial charge in [0.1, 0.15) is 0 Å². The van der Waals surface area contributed by atoms with Gasteiger partial charge in [-0.2, -0.15) is 0 Å². The highest BCUT2D eigenvalue weighted by molar-refractivity contribution is 5.32.